The number of anilines is 1. The minimum atomic E-state index is -3.83. The summed E-state index contributed by atoms with van der Waals surface area (Å²) >= 11 is 0. The van der Waals surface area contributed by atoms with E-state index in [0.717, 1.165) is 11.3 Å². The maximum Gasteiger partial charge on any atom is 0.233 e. The molecule has 0 fully saturated rings. The van der Waals surface area contributed by atoms with E-state index in [-0.39, 0.29) is 21.7 Å². The minimum absolute atomic E-state index is 0.106. The van der Waals surface area contributed by atoms with Crippen molar-refractivity contribution in [2.24, 2.45) is 5.92 Å². The number of nitrogens with zero attached hydrogens (tertiary/aromatic N) is 1. The second-order valence-corrected chi connectivity index (χ2v) is 9.07. The summed E-state index contributed by atoms with van der Waals surface area (Å²) in [5.41, 5.74) is 1.66. The van der Waals surface area contributed by atoms with Gasteiger partial charge in [-0.05, 0) is 56.2 Å². The molecule has 7 heteroatoms. The summed E-state index contributed by atoms with van der Waals surface area (Å²) in [7, 11) is -3.83. The lowest BCUT2D eigenvalue weighted by Gasteiger charge is -2.08. The molecule has 2 aromatic carbocycles. The van der Waals surface area contributed by atoms with Crippen molar-refractivity contribution in [2.75, 3.05) is 18.5 Å². The lowest BCUT2D eigenvalue weighted by atomic mass is 10.2. The molecule has 1 aromatic heterocycles. The molecule has 0 aliphatic carbocycles. The molecule has 0 aliphatic heterocycles. The minimum Gasteiger partial charge on any atom is -0.494 e. The molecule has 6 nitrogen and oxygen atoms in total. The van der Waals surface area contributed by atoms with Crippen LogP contribution in [-0.4, -0.2) is 26.6 Å². The van der Waals surface area contributed by atoms with Gasteiger partial charge in [-0.3, -0.25) is 0 Å². The lowest BCUT2D eigenvalue weighted by Crippen LogP contribution is -2.11. The van der Waals surface area contributed by atoms with Crippen LogP contribution in [-0.2, 0) is 9.84 Å². The maximum absolute atomic E-state index is 13.2. The van der Waals surface area contributed by atoms with Crippen LogP contribution in [0.15, 0.2) is 62.9 Å². The molecule has 0 radical (unpaired) electrons. The summed E-state index contributed by atoms with van der Waals surface area (Å²) < 4.78 is 37.7. The summed E-state index contributed by atoms with van der Waals surface area (Å²) in [5, 5.41) is 2.98. The molecule has 154 valence electrons. The predicted molar refractivity (Wildman–Crippen MR) is 113 cm³/mol. The number of benzene rings is 2. The first-order chi connectivity index (χ1) is 13.8. The molecular weight excluding hydrogens is 388 g/mol. The second-order valence-electron chi connectivity index (χ2n) is 7.20. The highest BCUT2D eigenvalue weighted by Crippen LogP contribution is 2.33. The third-order valence-corrected chi connectivity index (χ3v) is 5.94. The average molecular weight is 415 g/mol. The number of oxazole rings is 1. The van der Waals surface area contributed by atoms with Crippen LogP contribution < -0.4 is 10.1 Å². The molecule has 1 N–H and O–H groups in total. The van der Waals surface area contributed by atoms with Gasteiger partial charge in [0.05, 0.1) is 11.5 Å². The van der Waals surface area contributed by atoms with Gasteiger partial charge in [0, 0.05) is 12.1 Å². The van der Waals surface area contributed by atoms with Crippen LogP contribution in [0.1, 0.15) is 26.3 Å². The van der Waals surface area contributed by atoms with Crippen LogP contribution >= 0.6 is 0 Å². The van der Waals surface area contributed by atoms with E-state index in [0.29, 0.717) is 24.6 Å². The molecular formula is C22H26N2O4S. The average Bonchev–Trinajstić information content (AvgIpc) is 3.13. The summed E-state index contributed by atoms with van der Waals surface area (Å²) in [6.45, 7) is 9.02. The monoisotopic (exact) mass is 414 g/mol. The van der Waals surface area contributed by atoms with Crippen molar-refractivity contribution >= 4 is 15.7 Å². The van der Waals surface area contributed by atoms with Crippen LogP contribution in [0, 0.1) is 12.8 Å². The van der Waals surface area contributed by atoms with Gasteiger partial charge in [0.2, 0.25) is 26.6 Å². The topological polar surface area (TPSA) is 81.4 Å². The van der Waals surface area contributed by atoms with Gasteiger partial charge in [-0.15, -0.1) is 0 Å². The number of nitrogens with one attached hydrogen (secondary N) is 1. The number of hydrogen-bond acceptors (Lipinski definition) is 6. The highest BCUT2D eigenvalue weighted by atomic mass is 32.2. The first-order valence-corrected chi connectivity index (χ1v) is 11.1. The van der Waals surface area contributed by atoms with Crippen molar-refractivity contribution in [3.05, 3.63) is 54.1 Å². The third-order valence-electron chi connectivity index (χ3n) is 4.27. The Morgan fingerprint density at radius 3 is 2.31 bits per heavy atom. The molecule has 0 spiro atoms. The van der Waals surface area contributed by atoms with Crippen molar-refractivity contribution in [1.82, 2.24) is 4.98 Å². The number of ether oxygens (including phenoxy) is 1. The molecule has 0 unspecified atom stereocenters. The smallest absolute Gasteiger partial charge is 0.233 e. The summed E-state index contributed by atoms with van der Waals surface area (Å²) in [6, 6.07) is 13.9. The van der Waals surface area contributed by atoms with Gasteiger partial charge >= 0.3 is 0 Å². The summed E-state index contributed by atoms with van der Waals surface area (Å²) in [6.07, 6.45) is 0. The van der Waals surface area contributed by atoms with E-state index in [1.807, 2.05) is 27.7 Å². The normalized spacial score (nSPS) is 11.6. The number of sulfone groups is 1. The van der Waals surface area contributed by atoms with Gasteiger partial charge in [-0.2, -0.15) is 4.98 Å². The molecule has 0 saturated carbocycles. The molecule has 3 aromatic rings. The highest BCUT2D eigenvalue weighted by Gasteiger charge is 2.28. The molecule has 0 saturated heterocycles. The van der Waals surface area contributed by atoms with E-state index in [2.05, 4.69) is 10.3 Å². The van der Waals surface area contributed by atoms with E-state index >= 15 is 0 Å². The van der Waals surface area contributed by atoms with Gasteiger partial charge < -0.3 is 14.5 Å². The van der Waals surface area contributed by atoms with Gasteiger partial charge in [0.25, 0.3) is 0 Å². The SMILES string of the molecule is CCOc1ccc(-c2nc(S(=O)(=O)c3ccc(C)cc3)c(NCC(C)C)o2)cc1. The zero-order valence-electron chi connectivity index (χ0n) is 17.1. The van der Waals surface area contributed by atoms with Crippen LogP contribution in [0.2, 0.25) is 0 Å². The van der Waals surface area contributed by atoms with E-state index in [1.165, 1.54) is 0 Å². The van der Waals surface area contributed by atoms with Crippen molar-refractivity contribution < 1.29 is 17.6 Å². The van der Waals surface area contributed by atoms with Gasteiger partial charge in [0.1, 0.15) is 5.75 Å². The zero-order chi connectivity index (χ0) is 21.0. The molecule has 0 aliphatic rings. The lowest BCUT2D eigenvalue weighted by molar-refractivity contribution is 0.340. The Labute approximate surface area is 171 Å². The predicted octanol–water partition coefficient (Wildman–Crippen LogP) is 4.95. The number of aryl methyl sites for hydroxylation is 1. The molecule has 29 heavy (non-hydrogen) atoms. The first-order valence-electron chi connectivity index (χ1n) is 9.61. The van der Waals surface area contributed by atoms with Crippen molar-refractivity contribution in [3.63, 3.8) is 0 Å². The molecule has 3 rings (SSSR count). The highest BCUT2D eigenvalue weighted by molar-refractivity contribution is 7.91. The standard InChI is InChI=1S/C22H26N2O4S/c1-5-27-18-10-8-17(9-11-18)20-24-22(21(28-20)23-14-15(2)3)29(25,26)19-12-6-16(4)7-13-19/h6-13,15,23H,5,14H2,1-4H3. The molecule has 0 bridgehead atoms. The number of aromatic nitrogens is 1. The Balaban J connectivity index is 2.03. The van der Waals surface area contributed by atoms with Crippen LogP contribution in [0.5, 0.6) is 5.75 Å². The van der Waals surface area contributed by atoms with Crippen LogP contribution in [0.3, 0.4) is 0 Å². The fraction of sp³-hybridized carbons (Fsp3) is 0.318. The van der Waals surface area contributed by atoms with E-state index in [4.69, 9.17) is 9.15 Å². The summed E-state index contributed by atoms with van der Waals surface area (Å²) in [5.74, 6) is 1.44. The Morgan fingerprint density at radius 1 is 1.07 bits per heavy atom. The quantitative estimate of drug-likeness (QED) is 0.562. The number of hydrogen-bond donors (Lipinski definition) is 1. The van der Waals surface area contributed by atoms with Crippen LogP contribution in [0.4, 0.5) is 5.88 Å². The van der Waals surface area contributed by atoms with Crippen LogP contribution in [0.25, 0.3) is 11.5 Å². The van der Waals surface area contributed by atoms with Gasteiger partial charge in [0.15, 0.2) is 0 Å². The van der Waals surface area contributed by atoms with E-state index in [1.54, 1.807) is 48.5 Å². The van der Waals surface area contributed by atoms with E-state index in [9.17, 15) is 8.42 Å². The number of rotatable bonds is 8. The van der Waals surface area contributed by atoms with E-state index < -0.39 is 9.84 Å². The second kappa shape index (κ2) is 8.69. The Bertz CT molecular complexity index is 1050. The van der Waals surface area contributed by atoms with Crippen molar-refractivity contribution in [3.8, 4) is 17.2 Å². The first kappa shape index (κ1) is 20.9. The Hall–Kier alpha value is -2.80. The third kappa shape index (κ3) is 4.79. The Kier molecular flexibility index (Phi) is 6.27. The fourth-order valence-electron chi connectivity index (χ4n) is 2.71. The van der Waals surface area contributed by atoms with Crippen molar-refractivity contribution in [2.45, 2.75) is 37.6 Å². The zero-order valence-corrected chi connectivity index (χ0v) is 17.9. The van der Waals surface area contributed by atoms with Gasteiger partial charge in [-0.25, -0.2) is 8.42 Å². The maximum atomic E-state index is 13.2. The largest absolute Gasteiger partial charge is 0.494 e. The molecule has 0 atom stereocenters. The van der Waals surface area contributed by atoms with Gasteiger partial charge in [-0.1, -0.05) is 31.5 Å². The molecule has 0 amide bonds. The summed E-state index contributed by atoms with van der Waals surface area (Å²) in [4.78, 5) is 4.53. The molecule has 1 heterocycles. The van der Waals surface area contributed by atoms with Crippen molar-refractivity contribution in [1.29, 1.82) is 0 Å². The fourth-order valence-corrected chi connectivity index (χ4v) is 3.99. The Morgan fingerprint density at radius 2 is 1.72 bits per heavy atom.